The molecule has 18 heavy (non-hydrogen) atoms. The van der Waals surface area contributed by atoms with Crippen molar-refractivity contribution in [3.05, 3.63) is 28.5 Å². The Bertz CT molecular complexity index is 553. The molecule has 4 nitrogen and oxygen atoms in total. The second-order valence-corrected chi connectivity index (χ2v) is 7.02. The average Bonchev–Trinajstić information content (AvgIpc) is 2.17. The number of rotatable bonds is 3. The number of nitrogens with two attached hydrogens (primary N) is 1. The van der Waals surface area contributed by atoms with Crippen LogP contribution in [-0.4, -0.2) is 14.0 Å². The van der Waals surface area contributed by atoms with E-state index in [2.05, 4.69) is 4.72 Å². The lowest BCUT2D eigenvalue weighted by Crippen LogP contribution is -2.40. The Labute approximate surface area is 111 Å². The lowest BCUT2D eigenvalue weighted by Gasteiger charge is -2.21. The summed E-state index contributed by atoms with van der Waals surface area (Å²) >= 11 is 5.76. The number of sulfonamides is 1. The van der Waals surface area contributed by atoms with E-state index in [9.17, 15) is 12.8 Å². The van der Waals surface area contributed by atoms with Crippen molar-refractivity contribution in [3.8, 4) is 0 Å². The van der Waals surface area contributed by atoms with Gasteiger partial charge >= 0.3 is 0 Å². The van der Waals surface area contributed by atoms with E-state index in [0.29, 0.717) is 0 Å². The van der Waals surface area contributed by atoms with Crippen LogP contribution in [0, 0.1) is 5.82 Å². The molecular weight excluding hydrogens is 279 g/mol. The fourth-order valence-electron chi connectivity index (χ4n) is 1.42. The monoisotopic (exact) mass is 294 g/mol. The Morgan fingerprint density at radius 1 is 1.39 bits per heavy atom. The lowest BCUT2D eigenvalue weighted by atomic mass is 10.1. The fourth-order valence-corrected chi connectivity index (χ4v) is 3.29. The highest BCUT2D eigenvalue weighted by molar-refractivity contribution is 7.89. The van der Waals surface area contributed by atoms with Gasteiger partial charge in [-0.1, -0.05) is 11.6 Å². The van der Waals surface area contributed by atoms with E-state index in [4.69, 9.17) is 17.3 Å². The highest BCUT2D eigenvalue weighted by atomic mass is 35.5. The molecule has 0 aliphatic rings. The quantitative estimate of drug-likeness (QED) is 0.896. The van der Waals surface area contributed by atoms with Gasteiger partial charge in [0, 0.05) is 22.7 Å². The minimum atomic E-state index is -3.97. The molecule has 0 aromatic heterocycles. The Balaban J connectivity index is 3.37. The van der Waals surface area contributed by atoms with Crippen molar-refractivity contribution in [3.63, 3.8) is 0 Å². The van der Waals surface area contributed by atoms with Gasteiger partial charge in [0.2, 0.25) is 10.0 Å². The van der Waals surface area contributed by atoms with Gasteiger partial charge in [-0.25, -0.2) is 17.5 Å². The minimum absolute atomic E-state index is 0.0665. The van der Waals surface area contributed by atoms with Crippen LogP contribution < -0.4 is 10.5 Å². The molecule has 0 unspecified atom stereocenters. The smallest absolute Gasteiger partial charge is 0.244 e. The molecule has 0 saturated carbocycles. The van der Waals surface area contributed by atoms with Gasteiger partial charge in [-0.05, 0) is 32.9 Å². The standard InChI is InChI=1S/C11H16ClFN2O2S/c1-11(2,3)15-18(16,17)9-5-8(12)4-7(6-14)10(9)13/h4-5,15H,6,14H2,1-3H3. The van der Waals surface area contributed by atoms with Gasteiger partial charge < -0.3 is 5.73 Å². The van der Waals surface area contributed by atoms with Crippen LogP contribution >= 0.6 is 11.6 Å². The van der Waals surface area contributed by atoms with Crippen LogP contribution in [0.4, 0.5) is 4.39 Å². The summed E-state index contributed by atoms with van der Waals surface area (Å²) < 4.78 is 40.4. The first-order valence-electron chi connectivity index (χ1n) is 5.29. The molecule has 7 heteroatoms. The summed E-state index contributed by atoms with van der Waals surface area (Å²) in [6, 6.07) is 2.39. The van der Waals surface area contributed by atoms with Crippen LogP contribution in [0.15, 0.2) is 17.0 Å². The minimum Gasteiger partial charge on any atom is -0.326 e. The Morgan fingerprint density at radius 2 is 1.94 bits per heavy atom. The highest BCUT2D eigenvalue weighted by Gasteiger charge is 2.26. The van der Waals surface area contributed by atoms with Crippen LogP contribution in [0.5, 0.6) is 0 Å². The fraction of sp³-hybridized carbons (Fsp3) is 0.455. The topological polar surface area (TPSA) is 72.2 Å². The SMILES string of the molecule is CC(C)(C)NS(=O)(=O)c1cc(Cl)cc(CN)c1F. The van der Waals surface area contributed by atoms with Gasteiger partial charge in [-0.2, -0.15) is 0 Å². The maximum absolute atomic E-state index is 14.0. The summed E-state index contributed by atoms with van der Waals surface area (Å²) in [6.07, 6.45) is 0. The molecule has 0 aliphatic heterocycles. The molecule has 3 N–H and O–H groups in total. The maximum Gasteiger partial charge on any atom is 0.244 e. The van der Waals surface area contributed by atoms with E-state index in [1.807, 2.05) is 0 Å². The largest absolute Gasteiger partial charge is 0.326 e. The van der Waals surface area contributed by atoms with E-state index in [-0.39, 0.29) is 17.1 Å². The van der Waals surface area contributed by atoms with Gasteiger partial charge in [0.15, 0.2) is 0 Å². The lowest BCUT2D eigenvalue weighted by molar-refractivity contribution is 0.485. The summed E-state index contributed by atoms with van der Waals surface area (Å²) in [5.41, 5.74) is 4.70. The van der Waals surface area contributed by atoms with E-state index in [1.54, 1.807) is 20.8 Å². The predicted molar refractivity (Wildman–Crippen MR) is 69.4 cm³/mol. The van der Waals surface area contributed by atoms with Gasteiger partial charge in [-0.3, -0.25) is 0 Å². The molecule has 0 aliphatic carbocycles. The van der Waals surface area contributed by atoms with Crippen molar-refractivity contribution in [2.24, 2.45) is 5.73 Å². The molecule has 1 aromatic carbocycles. The van der Waals surface area contributed by atoms with Crippen LogP contribution in [0.1, 0.15) is 26.3 Å². The highest BCUT2D eigenvalue weighted by Crippen LogP contribution is 2.24. The Hall–Kier alpha value is -0.690. The third-order valence-corrected chi connectivity index (χ3v) is 4.00. The van der Waals surface area contributed by atoms with Crippen molar-refractivity contribution in [2.75, 3.05) is 0 Å². The predicted octanol–water partition coefficient (Wildman–Crippen LogP) is 2.01. The maximum atomic E-state index is 14.0. The van der Waals surface area contributed by atoms with Gasteiger partial charge in [0.05, 0.1) is 0 Å². The van der Waals surface area contributed by atoms with Gasteiger partial charge in [0.1, 0.15) is 10.7 Å². The first kappa shape index (κ1) is 15.4. The third kappa shape index (κ3) is 3.65. The van der Waals surface area contributed by atoms with Crippen molar-refractivity contribution in [1.82, 2.24) is 4.72 Å². The van der Waals surface area contributed by atoms with Crippen LogP contribution in [0.3, 0.4) is 0 Å². The second kappa shape index (κ2) is 5.13. The first-order chi connectivity index (χ1) is 8.07. The number of nitrogens with one attached hydrogen (secondary N) is 1. The third-order valence-electron chi connectivity index (χ3n) is 2.03. The zero-order valence-electron chi connectivity index (χ0n) is 10.4. The summed E-state index contributed by atoms with van der Waals surface area (Å²) in [7, 11) is -3.97. The zero-order chi connectivity index (χ0) is 14.1. The summed E-state index contributed by atoms with van der Waals surface area (Å²) in [5, 5.41) is 0.131. The first-order valence-corrected chi connectivity index (χ1v) is 7.15. The van der Waals surface area contributed by atoms with Crippen LogP contribution in [0.25, 0.3) is 0 Å². The van der Waals surface area contributed by atoms with Gasteiger partial charge in [-0.15, -0.1) is 0 Å². The number of halogens is 2. The van der Waals surface area contributed by atoms with Crippen molar-refractivity contribution in [2.45, 2.75) is 37.8 Å². The Kier molecular flexibility index (Phi) is 4.38. The van der Waals surface area contributed by atoms with E-state index < -0.39 is 26.3 Å². The van der Waals surface area contributed by atoms with Crippen molar-refractivity contribution >= 4 is 21.6 Å². The molecule has 102 valence electrons. The molecule has 0 spiro atoms. The summed E-state index contributed by atoms with van der Waals surface area (Å²) in [6.45, 7) is 4.87. The van der Waals surface area contributed by atoms with E-state index in [0.717, 1.165) is 6.07 Å². The van der Waals surface area contributed by atoms with E-state index in [1.165, 1.54) is 6.07 Å². The molecule has 0 saturated heterocycles. The molecule has 0 heterocycles. The Morgan fingerprint density at radius 3 is 2.39 bits per heavy atom. The van der Waals surface area contributed by atoms with Crippen molar-refractivity contribution < 1.29 is 12.8 Å². The van der Waals surface area contributed by atoms with Gasteiger partial charge in [0.25, 0.3) is 0 Å². The molecule has 0 atom stereocenters. The molecule has 0 radical (unpaired) electrons. The molecule has 0 fully saturated rings. The molecule has 1 aromatic rings. The van der Waals surface area contributed by atoms with Crippen molar-refractivity contribution in [1.29, 1.82) is 0 Å². The molecule has 0 bridgehead atoms. The number of hydrogen-bond donors (Lipinski definition) is 2. The van der Waals surface area contributed by atoms with Crippen LogP contribution in [0.2, 0.25) is 5.02 Å². The molecule has 0 amide bonds. The number of benzene rings is 1. The summed E-state index contributed by atoms with van der Waals surface area (Å²) in [5.74, 6) is -0.862. The summed E-state index contributed by atoms with van der Waals surface area (Å²) in [4.78, 5) is -0.481. The normalized spacial score (nSPS) is 12.8. The van der Waals surface area contributed by atoms with Crippen LogP contribution in [-0.2, 0) is 16.6 Å². The molecular formula is C11H16ClFN2O2S. The van der Waals surface area contributed by atoms with E-state index >= 15 is 0 Å². The average molecular weight is 295 g/mol. The molecule has 1 rings (SSSR count). The second-order valence-electron chi connectivity index (χ2n) is 4.94. The zero-order valence-corrected chi connectivity index (χ0v) is 12.0. The number of hydrogen-bond acceptors (Lipinski definition) is 3.